The Morgan fingerprint density at radius 3 is 2.42 bits per heavy atom. The van der Waals surface area contributed by atoms with E-state index in [1.165, 1.54) is 6.20 Å². The number of hydrogen-bond acceptors (Lipinski definition) is 4. The highest BCUT2D eigenvalue weighted by molar-refractivity contribution is 6.15. The minimum Gasteiger partial charge on any atom is -0.477 e. The number of carbonyl (C=O) groups excluding carboxylic acids is 2. The van der Waals surface area contributed by atoms with E-state index in [0.717, 1.165) is 24.8 Å². The number of pyridine rings is 1. The van der Waals surface area contributed by atoms with Crippen LogP contribution in [0, 0.1) is 5.82 Å². The number of imide groups is 1. The first-order chi connectivity index (χ1) is 12.1. The zero-order valence-electron chi connectivity index (χ0n) is 14.5. The molecule has 7 nitrogen and oxygen atoms in total. The number of rotatable bonds is 2. The van der Waals surface area contributed by atoms with Gasteiger partial charge >= 0.3 is 5.97 Å². The molecular formula is C18H17FN2O5. The number of aromatic nitrogens is 1. The molecule has 0 radical (unpaired) electrons. The number of carboxylic acids is 1. The number of carboxylic acid groups (broad SMARTS) is 1. The Morgan fingerprint density at radius 1 is 1.27 bits per heavy atom. The number of aromatic carboxylic acids is 1. The molecule has 136 valence electrons. The van der Waals surface area contributed by atoms with Gasteiger partial charge in [-0.25, -0.2) is 14.1 Å². The van der Waals surface area contributed by atoms with E-state index in [-0.39, 0.29) is 17.1 Å². The summed E-state index contributed by atoms with van der Waals surface area (Å²) in [5, 5.41) is 9.20. The number of nitrogens with zero attached hydrogens (tertiary/aromatic N) is 2. The summed E-state index contributed by atoms with van der Waals surface area (Å²) in [5.41, 5.74) is -0.679. The SMILES string of the molecule is CC(=O)N(C(C)=O)c1c(F)cc2c(=O)c(C(=O)O)cn3c2c1CCC3C. The molecule has 0 aliphatic carbocycles. The fraction of sp³-hybridized carbons (Fsp3) is 0.333. The van der Waals surface area contributed by atoms with Crippen LogP contribution in [0.3, 0.4) is 0 Å². The largest absolute Gasteiger partial charge is 0.477 e. The topological polar surface area (TPSA) is 96.7 Å². The molecule has 1 aliphatic heterocycles. The van der Waals surface area contributed by atoms with Crippen LogP contribution in [-0.2, 0) is 16.0 Å². The third-order valence-electron chi connectivity index (χ3n) is 4.71. The molecule has 2 aromatic rings. The van der Waals surface area contributed by atoms with Crippen LogP contribution in [-0.4, -0.2) is 27.5 Å². The van der Waals surface area contributed by atoms with Gasteiger partial charge in [-0.1, -0.05) is 0 Å². The van der Waals surface area contributed by atoms with Crippen molar-refractivity contribution in [3.05, 3.63) is 39.4 Å². The Bertz CT molecular complexity index is 1030. The maximum Gasteiger partial charge on any atom is 0.341 e. The third kappa shape index (κ3) is 2.49. The Hall–Kier alpha value is -3.03. The van der Waals surface area contributed by atoms with Crippen molar-refractivity contribution in [2.24, 2.45) is 0 Å². The molecule has 2 amide bonds. The fourth-order valence-electron chi connectivity index (χ4n) is 3.57. The highest BCUT2D eigenvalue weighted by Crippen LogP contribution is 2.38. The van der Waals surface area contributed by atoms with E-state index in [2.05, 4.69) is 0 Å². The van der Waals surface area contributed by atoms with E-state index in [9.17, 15) is 28.7 Å². The number of carbonyl (C=O) groups is 3. The summed E-state index contributed by atoms with van der Waals surface area (Å²) in [6.45, 7) is 4.17. The lowest BCUT2D eigenvalue weighted by Crippen LogP contribution is -2.36. The molecule has 1 aromatic heterocycles. The van der Waals surface area contributed by atoms with Crippen LogP contribution in [0.15, 0.2) is 17.1 Å². The van der Waals surface area contributed by atoms with Crippen molar-refractivity contribution in [3.8, 4) is 0 Å². The van der Waals surface area contributed by atoms with Gasteiger partial charge in [0, 0.05) is 37.0 Å². The van der Waals surface area contributed by atoms with Crippen LogP contribution >= 0.6 is 0 Å². The standard InChI is InChI=1S/C18H17FN2O5/c1-8-4-5-11-15-12(17(24)13(18(25)26)7-20(8)15)6-14(19)16(11)21(9(2)22)10(3)23/h6-8H,4-5H2,1-3H3,(H,25,26). The average molecular weight is 360 g/mol. The van der Waals surface area contributed by atoms with Gasteiger partial charge in [-0.05, 0) is 25.8 Å². The second-order valence-corrected chi connectivity index (χ2v) is 6.43. The zero-order chi connectivity index (χ0) is 19.3. The van der Waals surface area contributed by atoms with E-state index < -0.39 is 34.6 Å². The van der Waals surface area contributed by atoms with Crippen molar-refractivity contribution in [2.75, 3.05) is 4.90 Å². The van der Waals surface area contributed by atoms with E-state index in [4.69, 9.17) is 0 Å². The first-order valence-corrected chi connectivity index (χ1v) is 8.10. The lowest BCUT2D eigenvalue weighted by molar-refractivity contribution is -0.124. The number of hydrogen-bond donors (Lipinski definition) is 1. The molecule has 0 spiro atoms. The molecule has 1 aromatic carbocycles. The summed E-state index contributed by atoms with van der Waals surface area (Å²) in [6, 6.07) is 0.793. The van der Waals surface area contributed by atoms with E-state index >= 15 is 0 Å². The molecule has 3 rings (SSSR count). The van der Waals surface area contributed by atoms with Gasteiger partial charge in [0.25, 0.3) is 0 Å². The summed E-state index contributed by atoms with van der Waals surface area (Å²) < 4.78 is 16.5. The third-order valence-corrected chi connectivity index (χ3v) is 4.71. The second kappa shape index (κ2) is 6.05. The number of halogens is 1. The van der Waals surface area contributed by atoms with Crippen LogP contribution < -0.4 is 10.3 Å². The Kier molecular flexibility index (Phi) is 4.14. The van der Waals surface area contributed by atoms with Crippen molar-refractivity contribution < 1.29 is 23.9 Å². The molecule has 1 aliphatic rings. The van der Waals surface area contributed by atoms with Crippen LogP contribution in [0.5, 0.6) is 0 Å². The molecule has 2 heterocycles. The Morgan fingerprint density at radius 2 is 1.88 bits per heavy atom. The number of anilines is 1. The smallest absolute Gasteiger partial charge is 0.341 e. The number of amides is 2. The van der Waals surface area contributed by atoms with Gasteiger partial charge < -0.3 is 9.67 Å². The van der Waals surface area contributed by atoms with E-state index in [1.54, 1.807) is 4.57 Å². The van der Waals surface area contributed by atoms with Crippen molar-refractivity contribution in [3.63, 3.8) is 0 Å². The van der Waals surface area contributed by atoms with Gasteiger partial charge in [0.1, 0.15) is 11.4 Å². The number of aryl methyl sites for hydroxylation is 1. The van der Waals surface area contributed by atoms with Crippen molar-refractivity contribution in [2.45, 2.75) is 39.7 Å². The molecule has 8 heteroatoms. The maximum atomic E-state index is 14.9. The summed E-state index contributed by atoms with van der Waals surface area (Å²) in [4.78, 5) is 48.5. The summed E-state index contributed by atoms with van der Waals surface area (Å²) in [5.74, 6) is -3.57. The fourth-order valence-corrected chi connectivity index (χ4v) is 3.57. The Balaban J connectivity index is 2.51. The average Bonchev–Trinajstić information content (AvgIpc) is 2.54. The predicted octanol–water partition coefficient (Wildman–Crippen LogP) is 2.25. The van der Waals surface area contributed by atoms with Crippen molar-refractivity contribution in [1.82, 2.24) is 4.57 Å². The van der Waals surface area contributed by atoms with Gasteiger partial charge in [-0.3, -0.25) is 14.4 Å². The second-order valence-electron chi connectivity index (χ2n) is 6.43. The lowest BCUT2D eigenvalue weighted by Gasteiger charge is -2.30. The molecule has 26 heavy (non-hydrogen) atoms. The zero-order valence-corrected chi connectivity index (χ0v) is 14.5. The quantitative estimate of drug-likeness (QED) is 0.886. The van der Waals surface area contributed by atoms with Gasteiger partial charge in [0.2, 0.25) is 17.2 Å². The Labute approximate surface area is 147 Å². The highest BCUT2D eigenvalue weighted by atomic mass is 19.1. The number of benzene rings is 1. The van der Waals surface area contributed by atoms with E-state index in [1.807, 2.05) is 6.92 Å². The highest BCUT2D eigenvalue weighted by Gasteiger charge is 2.31. The molecular weight excluding hydrogens is 343 g/mol. The van der Waals surface area contributed by atoms with Crippen molar-refractivity contribution in [1.29, 1.82) is 0 Å². The van der Waals surface area contributed by atoms with Crippen LogP contribution in [0.1, 0.15) is 49.2 Å². The molecule has 1 unspecified atom stereocenters. The summed E-state index contributed by atoms with van der Waals surface area (Å²) in [6.07, 6.45) is 2.14. The van der Waals surface area contributed by atoms with Crippen LogP contribution in [0.4, 0.5) is 10.1 Å². The molecule has 1 atom stereocenters. The molecule has 1 N–H and O–H groups in total. The first-order valence-electron chi connectivity index (χ1n) is 8.10. The molecule has 0 bridgehead atoms. The normalized spacial score (nSPS) is 15.8. The minimum absolute atomic E-state index is 0.0697. The van der Waals surface area contributed by atoms with Crippen LogP contribution in [0.25, 0.3) is 10.9 Å². The van der Waals surface area contributed by atoms with Gasteiger partial charge in [-0.2, -0.15) is 0 Å². The van der Waals surface area contributed by atoms with Gasteiger partial charge in [0.05, 0.1) is 11.2 Å². The summed E-state index contributed by atoms with van der Waals surface area (Å²) >= 11 is 0. The minimum atomic E-state index is -1.39. The first kappa shape index (κ1) is 17.8. The monoisotopic (exact) mass is 360 g/mol. The van der Waals surface area contributed by atoms with Crippen molar-refractivity contribution >= 4 is 34.4 Å². The van der Waals surface area contributed by atoms with Gasteiger partial charge in [-0.15, -0.1) is 0 Å². The molecule has 0 saturated carbocycles. The maximum absolute atomic E-state index is 14.9. The van der Waals surface area contributed by atoms with Crippen LogP contribution in [0.2, 0.25) is 0 Å². The lowest BCUT2D eigenvalue weighted by atomic mass is 9.93. The molecule has 0 saturated heterocycles. The molecule has 0 fully saturated rings. The predicted molar refractivity (Wildman–Crippen MR) is 92.0 cm³/mol. The van der Waals surface area contributed by atoms with E-state index in [0.29, 0.717) is 23.9 Å². The van der Waals surface area contributed by atoms with Gasteiger partial charge in [0.15, 0.2) is 0 Å². The summed E-state index contributed by atoms with van der Waals surface area (Å²) in [7, 11) is 0.